The minimum atomic E-state index is -0.466. The molecule has 2 aromatic heterocycles. The lowest BCUT2D eigenvalue weighted by molar-refractivity contribution is 0.0601. The Morgan fingerprint density at radius 3 is 2.33 bits per heavy atom. The second-order valence-corrected chi connectivity index (χ2v) is 6.43. The molecule has 1 N–H and O–H groups in total. The minimum Gasteiger partial charge on any atom is -0.465 e. The SMILES string of the molecule is COC(=O)c1cnc2nc(C)ccc2c1Nc1ccc(Oc2ccccc2)cc1.Cl. The van der Waals surface area contributed by atoms with Crippen LogP contribution in [0.1, 0.15) is 16.1 Å². The summed E-state index contributed by atoms with van der Waals surface area (Å²) in [6.07, 6.45) is 1.48. The van der Waals surface area contributed by atoms with Gasteiger partial charge in [-0.3, -0.25) is 0 Å². The van der Waals surface area contributed by atoms with Crippen LogP contribution >= 0.6 is 12.4 Å². The predicted molar refractivity (Wildman–Crippen MR) is 119 cm³/mol. The Hall–Kier alpha value is -3.64. The fourth-order valence-corrected chi connectivity index (χ4v) is 2.95. The number of fused-ring (bicyclic) bond motifs is 1. The second-order valence-electron chi connectivity index (χ2n) is 6.43. The van der Waals surface area contributed by atoms with Crippen molar-refractivity contribution < 1.29 is 14.3 Å². The maximum atomic E-state index is 12.2. The first kappa shape index (κ1) is 21.1. The van der Waals surface area contributed by atoms with Crippen molar-refractivity contribution in [3.63, 3.8) is 0 Å². The summed E-state index contributed by atoms with van der Waals surface area (Å²) >= 11 is 0. The Labute approximate surface area is 180 Å². The zero-order valence-electron chi connectivity index (χ0n) is 16.5. The first-order valence-corrected chi connectivity index (χ1v) is 9.09. The number of methoxy groups -OCH3 is 1. The summed E-state index contributed by atoms with van der Waals surface area (Å²) < 4.78 is 10.7. The first-order chi connectivity index (χ1) is 14.1. The van der Waals surface area contributed by atoms with Crippen molar-refractivity contribution in [3.05, 3.63) is 84.2 Å². The fourth-order valence-electron chi connectivity index (χ4n) is 2.95. The van der Waals surface area contributed by atoms with Crippen LogP contribution in [0, 0.1) is 6.92 Å². The number of ether oxygens (including phenoxy) is 2. The molecule has 0 saturated heterocycles. The van der Waals surface area contributed by atoms with Crippen molar-refractivity contribution in [2.75, 3.05) is 12.4 Å². The number of anilines is 2. The minimum absolute atomic E-state index is 0. The number of hydrogen-bond donors (Lipinski definition) is 1. The largest absolute Gasteiger partial charge is 0.465 e. The van der Waals surface area contributed by atoms with Gasteiger partial charge >= 0.3 is 5.97 Å². The van der Waals surface area contributed by atoms with Gasteiger partial charge in [-0.2, -0.15) is 0 Å². The number of nitrogens with one attached hydrogen (secondary N) is 1. The molecule has 0 bridgehead atoms. The van der Waals surface area contributed by atoms with Gasteiger partial charge in [-0.15, -0.1) is 12.4 Å². The molecule has 6 nitrogen and oxygen atoms in total. The van der Waals surface area contributed by atoms with Crippen LogP contribution in [0.15, 0.2) is 72.9 Å². The van der Waals surface area contributed by atoms with Crippen LogP contribution in [0.5, 0.6) is 11.5 Å². The Morgan fingerprint density at radius 2 is 1.63 bits per heavy atom. The summed E-state index contributed by atoms with van der Waals surface area (Å²) in [4.78, 5) is 21.0. The number of carbonyl (C=O) groups excluding carboxylic acids is 1. The molecule has 7 heteroatoms. The number of aryl methyl sites for hydroxylation is 1. The van der Waals surface area contributed by atoms with Gasteiger partial charge in [0.05, 0.1) is 12.8 Å². The highest BCUT2D eigenvalue weighted by Crippen LogP contribution is 2.30. The van der Waals surface area contributed by atoms with E-state index >= 15 is 0 Å². The van der Waals surface area contributed by atoms with Gasteiger partial charge in [0.15, 0.2) is 5.65 Å². The van der Waals surface area contributed by atoms with Crippen LogP contribution in [-0.2, 0) is 4.74 Å². The number of para-hydroxylation sites is 1. The standard InChI is InChI=1S/C23H19N3O3.ClH/c1-15-8-13-19-21(20(23(27)28-2)14-24-22(19)25-15)26-16-9-11-18(12-10-16)29-17-6-4-3-5-7-17;/h3-14H,1-2H3,(H,24,25,26);1H. The van der Waals surface area contributed by atoms with E-state index in [1.165, 1.54) is 13.3 Å². The van der Waals surface area contributed by atoms with E-state index in [0.717, 1.165) is 22.5 Å². The topological polar surface area (TPSA) is 73.3 Å². The monoisotopic (exact) mass is 421 g/mol. The molecule has 0 atom stereocenters. The highest BCUT2D eigenvalue weighted by Gasteiger charge is 2.17. The lowest BCUT2D eigenvalue weighted by atomic mass is 10.1. The number of benzene rings is 2. The van der Waals surface area contributed by atoms with Crippen LogP contribution in [0.3, 0.4) is 0 Å². The normalized spacial score (nSPS) is 10.2. The van der Waals surface area contributed by atoms with E-state index in [0.29, 0.717) is 22.6 Å². The number of carbonyl (C=O) groups is 1. The number of halogens is 1. The maximum absolute atomic E-state index is 12.2. The summed E-state index contributed by atoms with van der Waals surface area (Å²) in [5, 5.41) is 4.04. The van der Waals surface area contributed by atoms with Gasteiger partial charge in [-0.05, 0) is 55.5 Å². The summed E-state index contributed by atoms with van der Waals surface area (Å²) in [5.74, 6) is 1.01. The van der Waals surface area contributed by atoms with Gasteiger partial charge in [0.25, 0.3) is 0 Å². The number of rotatable bonds is 5. The molecule has 0 aliphatic heterocycles. The number of aromatic nitrogens is 2. The molecule has 4 rings (SSSR count). The molecule has 0 fully saturated rings. The molecule has 0 saturated carbocycles. The third-order valence-electron chi connectivity index (χ3n) is 4.38. The number of esters is 1. The third-order valence-corrected chi connectivity index (χ3v) is 4.38. The van der Waals surface area contributed by atoms with Crippen molar-refractivity contribution in [3.8, 4) is 11.5 Å². The Balaban J connectivity index is 0.00000256. The van der Waals surface area contributed by atoms with Crippen LogP contribution in [0.25, 0.3) is 11.0 Å². The second kappa shape index (κ2) is 9.24. The molecule has 0 aliphatic rings. The van der Waals surface area contributed by atoms with Crippen molar-refractivity contribution >= 4 is 40.8 Å². The molecule has 0 amide bonds. The van der Waals surface area contributed by atoms with Crippen molar-refractivity contribution in [1.29, 1.82) is 0 Å². The van der Waals surface area contributed by atoms with Crippen LogP contribution in [0.2, 0.25) is 0 Å². The van der Waals surface area contributed by atoms with E-state index in [9.17, 15) is 4.79 Å². The molecule has 2 aromatic carbocycles. The lowest BCUT2D eigenvalue weighted by Gasteiger charge is -2.14. The van der Waals surface area contributed by atoms with E-state index in [1.807, 2.05) is 73.7 Å². The Kier molecular flexibility index (Phi) is 6.49. The van der Waals surface area contributed by atoms with E-state index in [-0.39, 0.29) is 12.4 Å². The van der Waals surface area contributed by atoms with Crippen LogP contribution in [-0.4, -0.2) is 23.0 Å². The number of pyridine rings is 2. The molecule has 2 heterocycles. The van der Waals surface area contributed by atoms with Gasteiger partial charge in [-0.25, -0.2) is 14.8 Å². The highest BCUT2D eigenvalue weighted by molar-refractivity contribution is 6.05. The summed E-state index contributed by atoms with van der Waals surface area (Å²) in [6.45, 7) is 1.90. The molecular weight excluding hydrogens is 402 g/mol. The van der Waals surface area contributed by atoms with Crippen LogP contribution in [0.4, 0.5) is 11.4 Å². The molecule has 0 aliphatic carbocycles. The van der Waals surface area contributed by atoms with E-state index in [2.05, 4.69) is 15.3 Å². The van der Waals surface area contributed by atoms with Gasteiger partial charge in [0.1, 0.15) is 17.1 Å². The van der Waals surface area contributed by atoms with Crippen molar-refractivity contribution in [2.45, 2.75) is 6.92 Å². The highest BCUT2D eigenvalue weighted by atomic mass is 35.5. The Bertz CT molecular complexity index is 1170. The average molecular weight is 422 g/mol. The predicted octanol–water partition coefficient (Wildman–Crippen LogP) is 5.68. The van der Waals surface area contributed by atoms with Gasteiger partial charge in [-0.1, -0.05) is 18.2 Å². The molecule has 152 valence electrons. The van der Waals surface area contributed by atoms with Gasteiger partial charge < -0.3 is 14.8 Å². The zero-order chi connectivity index (χ0) is 20.2. The smallest absolute Gasteiger partial charge is 0.341 e. The molecule has 4 aromatic rings. The van der Waals surface area contributed by atoms with Gasteiger partial charge in [0, 0.05) is 23.0 Å². The first-order valence-electron chi connectivity index (χ1n) is 9.09. The van der Waals surface area contributed by atoms with Crippen molar-refractivity contribution in [2.24, 2.45) is 0 Å². The third kappa shape index (κ3) is 4.50. The fraction of sp³-hybridized carbons (Fsp3) is 0.0870. The van der Waals surface area contributed by atoms with Crippen LogP contribution < -0.4 is 10.1 Å². The summed E-state index contributed by atoms with van der Waals surface area (Å²) in [7, 11) is 1.35. The molecule has 0 radical (unpaired) electrons. The van der Waals surface area contributed by atoms with E-state index < -0.39 is 5.97 Å². The lowest BCUT2D eigenvalue weighted by Crippen LogP contribution is -2.08. The zero-order valence-corrected chi connectivity index (χ0v) is 17.3. The summed E-state index contributed by atoms with van der Waals surface area (Å²) in [6, 6.07) is 20.8. The van der Waals surface area contributed by atoms with Crippen molar-refractivity contribution in [1.82, 2.24) is 9.97 Å². The number of nitrogens with zero attached hydrogens (tertiary/aromatic N) is 2. The average Bonchev–Trinajstić information content (AvgIpc) is 2.75. The quantitative estimate of drug-likeness (QED) is 0.418. The van der Waals surface area contributed by atoms with Gasteiger partial charge in [0.2, 0.25) is 0 Å². The van der Waals surface area contributed by atoms with E-state index in [1.54, 1.807) is 0 Å². The summed E-state index contributed by atoms with van der Waals surface area (Å²) in [5.41, 5.74) is 3.15. The molecule has 0 spiro atoms. The Morgan fingerprint density at radius 1 is 0.933 bits per heavy atom. The van der Waals surface area contributed by atoms with E-state index in [4.69, 9.17) is 9.47 Å². The number of hydrogen-bond acceptors (Lipinski definition) is 6. The molecule has 30 heavy (non-hydrogen) atoms. The maximum Gasteiger partial charge on any atom is 0.341 e. The molecular formula is C23H20ClN3O3. The molecule has 0 unspecified atom stereocenters.